The molecular weight excluding hydrogens is 294 g/mol. The summed E-state index contributed by atoms with van der Waals surface area (Å²) in [4.78, 5) is 13.0. The summed E-state index contributed by atoms with van der Waals surface area (Å²) in [5.41, 5.74) is 2.36. The SMILES string of the molecule is O=C(c1ccc(Cl)cc1)c1c2ccccc2c2ccccn12. The minimum Gasteiger partial charge on any atom is -0.313 e. The van der Waals surface area contributed by atoms with Crippen LogP contribution in [0.25, 0.3) is 16.3 Å². The van der Waals surface area contributed by atoms with E-state index in [9.17, 15) is 4.79 Å². The minimum atomic E-state index is -0.000864. The van der Waals surface area contributed by atoms with Crippen LogP contribution in [0.15, 0.2) is 72.9 Å². The molecule has 2 heterocycles. The van der Waals surface area contributed by atoms with Crippen LogP contribution in [0.4, 0.5) is 0 Å². The van der Waals surface area contributed by atoms with Crippen LogP contribution in [0, 0.1) is 0 Å². The number of rotatable bonds is 2. The molecule has 3 heteroatoms. The first-order valence-corrected chi connectivity index (χ1v) is 7.41. The van der Waals surface area contributed by atoms with Gasteiger partial charge in [-0.3, -0.25) is 4.79 Å². The van der Waals surface area contributed by atoms with Gasteiger partial charge < -0.3 is 4.40 Å². The summed E-state index contributed by atoms with van der Waals surface area (Å²) in [5, 5.41) is 2.68. The van der Waals surface area contributed by atoms with E-state index in [0.717, 1.165) is 16.3 Å². The van der Waals surface area contributed by atoms with E-state index >= 15 is 0 Å². The molecule has 0 bridgehead atoms. The molecule has 0 radical (unpaired) electrons. The first-order valence-electron chi connectivity index (χ1n) is 7.04. The van der Waals surface area contributed by atoms with Gasteiger partial charge in [0.15, 0.2) is 0 Å². The molecule has 22 heavy (non-hydrogen) atoms. The standard InChI is InChI=1S/C19H12ClNO/c20-14-10-8-13(9-11-14)19(22)18-16-6-2-1-5-15(16)17-7-3-4-12-21(17)18/h1-12H. The average molecular weight is 306 g/mol. The normalized spacial score (nSPS) is 11.1. The predicted octanol–water partition coefficient (Wildman–Crippen LogP) is 4.98. The van der Waals surface area contributed by atoms with Crippen LogP contribution in [0.2, 0.25) is 5.02 Å². The van der Waals surface area contributed by atoms with Crippen molar-refractivity contribution in [2.24, 2.45) is 0 Å². The molecule has 106 valence electrons. The molecule has 4 rings (SSSR count). The van der Waals surface area contributed by atoms with Crippen LogP contribution < -0.4 is 0 Å². The van der Waals surface area contributed by atoms with Gasteiger partial charge in [0.05, 0.1) is 5.52 Å². The lowest BCUT2D eigenvalue weighted by atomic mass is 10.0. The molecule has 4 aromatic rings. The summed E-state index contributed by atoms with van der Waals surface area (Å²) in [7, 11) is 0. The topological polar surface area (TPSA) is 21.5 Å². The van der Waals surface area contributed by atoms with Crippen molar-refractivity contribution in [3.8, 4) is 0 Å². The quantitative estimate of drug-likeness (QED) is 0.479. The number of hydrogen-bond acceptors (Lipinski definition) is 1. The monoisotopic (exact) mass is 305 g/mol. The number of carbonyl (C=O) groups excluding carboxylic acids is 1. The number of benzene rings is 2. The van der Waals surface area contributed by atoms with Crippen molar-refractivity contribution in [1.82, 2.24) is 4.40 Å². The van der Waals surface area contributed by atoms with Gasteiger partial charge in [0.1, 0.15) is 5.69 Å². The lowest BCUT2D eigenvalue weighted by molar-refractivity contribution is 0.103. The zero-order chi connectivity index (χ0) is 15.1. The van der Waals surface area contributed by atoms with E-state index in [-0.39, 0.29) is 5.78 Å². The Morgan fingerprint density at radius 1 is 0.818 bits per heavy atom. The van der Waals surface area contributed by atoms with Gasteiger partial charge in [-0.1, -0.05) is 41.9 Å². The van der Waals surface area contributed by atoms with E-state index in [2.05, 4.69) is 0 Å². The fourth-order valence-electron chi connectivity index (χ4n) is 2.87. The summed E-state index contributed by atoms with van der Waals surface area (Å²) < 4.78 is 1.96. The van der Waals surface area contributed by atoms with Crippen molar-refractivity contribution in [2.75, 3.05) is 0 Å². The molecule has 0 aliphatic rings. The van der Waals surface area contributed by atoms with E-state index in [4.69, 9.17) is 11.6 Å². The van der Waals surface area contributed by atoms with Crippen molar-refractivity contribution in [2.45, 2.75) is 0 Å². The Morgan fingerprint density at radius 2 is 1.50 bits per heavy atom. The van der Waals surface area contributed by atoms with Crippen LogP contribution in [0.5, 0.6) is 0 Å². The predicted molar refractivity (Wildman–Crippen MR) is 89.8 cm³/mol. The molecule has 0 atom stereocenters. The molecular formula is C19H12ClNO. The molecule has 0 aliphatic heterocycles. The maximum absolute atomic E-state index is 13.0. The van der Waals surface area contributed by atoms with E-state index in [1.54, 1.807) is 24.3 Å². The molecule has 2 aromatic heterocycles. The van der Waals surface area contributed by atoms with Gasteiger partial charge in [-0.05, 0) is 36.4 Å². The summed E-state index contributed by atoms with van der Waals surface area (Å²) in [6.07, 6.45) is 1.93. The molecule has 0 N–H and O–H groups in total. The number of hydrogen-bond donors (Lipinski definition) is 0. The van der Waals surface area contributed by atoms with E-state index in [1.807, 2.05) is 53.1 Å². The molecule has 0 spiro atoms. The van der Waals surface area contributed by atoms with Crippen LogP contribution >= 0.6 is 11.6 Å². The van der Waals surface area contributed by atoms with Crippen LogP contribution in [-0.4, -0.2) is 10.2 Å². The van der Waals surface area contributed by atoms with Gasteiger partial charge in [0, 0.05) is 27.6 Å². The fraction of sp³-hybridized carbons (Fsp3) is 0. The second kappa shape index (κ2) is 5.00. The van der Waals surface area contributed by atoms with Gasteiger partial charge in [-0.15, -0.1) is 0 Å². The molecule has 0 aliphatic carbocycles. The van der Waals surface area contributed by atoms with Crippen molar-refractivity contribution in [3.63, 3.8) is 0 Å². The molecule has 0 unspecified atom stereocenters. The zero-order valence-corrected chi connectivity index (χ0v) is 12.4. The largest absolute Gasteiger partial charge is 0.313 e. The van der Waals surface area contributed by atoms with Crippen LogP contribution in [-0.2, 0) is 0 Å². The summed E-state index contributed by atoms with van der Waals surface area (Å²) >= 11 is 5.91. The first-order chi connectivity index (χ1) is 10.8. The van der Waals surface area contributed by atoms with Gasteiger partial charge in [0.25, 0.3) is 0 Å². The second-order valence-electron chi connectivity index (χ2n) is 5.19. The third-order valence-corrected chi connectivity index (χ3v) is 4.13. The van der Waals surface area contributed by atoms with Gasteiger partial charge >= 0.3 is 0 Å². The smallest absolute Gasteiger partial charge is 0.210 e. The Hall–Kier alpha value is -2.58. The van der Waals surface area contributed by atoms with Gasteiger partial charge in [-0.2, -0.15) is 0 Å². The van der Waals surface area contributed by atoms with Crippen molar-refractivity contribution in [1.29, 1.82) is 0 Å². The Morgan fingerprint density at radius 3 is 2.27 bits per heavy atom. The van der Waals surface area contributed by atoms with Crippen LogP contribution in [0.1, 0.15) is 16.1 Å². The molecule has 0 saturated carbocycles. The third kappa shape index (κ3) is 1.92. The molecule has 0 amide bonds. The number of fused-ring (bicyclic) bond motifs is 3. The molecule has 2 nitrogen and oxygen atoms in total. The van der Waals surface area contributed by atoms with E-state index in [0.29, 0.717) is 16.3 Å². The fourth-order valence-corrected chi connectivity index (χ4v) is 3.00. The van der Waals surface area contributed by atoms with Gasteiger partial charge in [-0.25, -0.2) is 0 Å². The summed E-state index contributed by atoms with van der Waals surface area (Å²) in [5.74, 6) is -0.000864. The highest BCUT2D eigenvalue weighted by Crippen LogP contribution is 2.28. The second-order valence-corrected chi connectivity index (χ2v) is 5.62. The number of pyridine rings is 1. The highest BCUT2D eigenvalue weighted by molar-refractivity contribution is 6.30. The lowest BCUT2D eigenvalue weighted by Gasteiger charge is -2.03. The van der Waals surface area contributed by atoms with Gasteiger partial charge in [0.2, 0.25) is 5.78 Å². The van der Waals surface area contributed by atoms with E-state index in [1.165, 1.54) is 0 Å². The van der Waals surface area contributed by atoms with Crippen molar-refractivity contribution in [3.05, 3.63) is 89.2 Å². The Balaban J connectivity index is 2.04. The number of aromatic nitrogens is 1. The first kappa shape index (κ1) is 13.1. The number of nitrogens with zero attached hydrogens (tertiary/aromatic N) is 1. The number of carbonyl (C=O) groups is 1. The number of halogens is 1. The Labute approximate surface area is 132 Å². The summed E-state index contributed by atoms with van der Waals surface area (Å²) in [6, 6.07) is 21.0. The highest BCUT2D eigenvalue weighted by Gasteiger charge is 2.18. The van der Waals surface area contributed by atoms with Crippen molar-refractivity contribution >= 4 is 33.7 Å². The maximum Gasteiger partial charge on any atom is 0.210 e. The zero-order valence-electron chi connectivity index (χ0n) is 11.7. The highest BCUT2D eigenvalue weighted by atomic mass is 35.5. The van der Waals surface area contributed by atoms with E-state index < -0.39 is 0 Å². The Kier molecular flexibility index (Phi) is 2.98. The molecule has 0 saturated heterocycles. The van der Waals surface area contributed by atoms with Crippen LogP contribution in [0.3, 0.4) is 0 Å². The minimum absolute atomic E-state index is 0.000864. The van der Waals surface area contributed by atoms with Crippen molar-refractivity contribution < 1.29 is 4.79 Å². The maximum atomic E-state index is 13.0. The Bertz CT molecular complexity index is 946. The average Bonchev–Trinajstić information content (AvgIpc) is 2.89. The number of ketones is 1. The third-order valence-electron chi connectivity index (χ3n) is 3.88. The lowest BCUT2D eigenvalue weighted by Crippen LogP contribution is -2.05. The molecule has 2 aromatic carbocycles. The molecule has 0 fully saturated rings. The summed E-state index contributed by atoms with van der Waals surface area (Å²) in [6.45, 7) is 0.